The fraction of sp³-hybridized carbons (Fsp3) is 0.143. The van der Waals surface area contributed by atoms with Gasteiger partial charge in [-0.05, 0) is 29.8 Å². The molecule has 2 aromatic carbocycles. The van der Waals surface area contributed by atoms with Crippen LogP contribution >= 0.6 is 34.8 Å². The van der Waals surface area contributed by atoms with Gasteiger partial charge in [0.25, 0.3) is 0 Å². The predicted molar refractivity (Wildman–Crippen MR) is 78.4 cm³/mol. The Bertz CT molecular complexity index is 632. The van der Waals surface area contributed by atoms with Gasteiger partial charge in [-0.2, -0.15) is 0 Å². The Morgan fingerprint density at radius 3 is 2.25 bits per heavy atom. The molecule has 0 aromatic heterocycles. The van der Waals surface area contributed by atoms with E-state index in [2.05, 4.69) is 5.32 Å². The molecule has 0 fully saturated rings. The van der Waals surface area contributed by atoms with Crippen LogP contribution in [0.25, 0.3) is 0 Å². The van der Waals surface area contributed by atoms with Crippen molar-refractivity contribution in [3.63, 3.8) is 0 Å². The Hall–Kier alpha value is -0.870. The van der Waals surface area contributed by atoms with E-state index in [1.807, 2.05) is 0 Å². The van der Waals surface area contributed by atoms with Crippen molar-refractivity contribution in [2.45, 2.75) is 13.1 Å². The molecule has 0 spiro atoms. The SMILES string of the molecule is Fc1ccc(CNCc2c(Cl)ccc(Cl)c2Cl)cc1F. The van der Waals surface area contributed by atoms with Crippen LogP contribution in [0.1, 0.15) is 11.1 Å². The molecule has 0 bridgehead atoms. The van der Waals surface area contributed by atoms with Crippen molar-refractivity contribution in [1.29, 1.82) is 0 Å². The minimum absolute atomic E-state index is 0.358. The quantitative estimate of drug-likeness (QED) is 0.755. The van der Waals surface area contributed by atoms with Gasteiger partial charge in [0.2, 0.25) is 0 Å². The summed E-state index contributed by atoms with van der Waals surface area (Å²) < 4.78 is 25.8. The molecule has 2 aromatic rings. The Kier molecular flexibility index (Phi) is 5.22. The van der Waals surface area contributed by atoms with Crippen molar-refractivity contribution in [2.24, 2.45) is 0 Å². The van der Waals surface area contributed by atoms with Crippen molar-refractivity contribution in [1.82, 2.24) is 5.32 Å². The van der Waals surface area contributed by atoms with Crippen molar-refractivity contribution in [3.8, 4) is 0 Å². The van der Waals surface area contributed by atoms with Gasteiger partial charge >= 0.3 is 0 Å². The van der Waals surface area contributed by atoms with Crippen LogP contribution in [0.4, 0.5) is 8.78 Å². The van der Waals surface area contributed by atoms with Crippen LogP contribution in [0.15, 0.2) is 30.3 Å². The highest BCUT2D eigenvalue weighted by Crippen LogP contribution is 2.31. The highest BCUT2D eigenvalue weighted by molar-refractivity contribution is 6.44. The first-order chi connectivity index (χ1) is 9.49. The highest BCUT2D eigenvalue weighted by atomic mass is 35.5. The first kappa shape index (κ1) is 15.5. The zero-order chi connectivity index (χ0) is 14.7. The molecule has 0 radical (unpaired) electrons. The third-order valence-corrected chi connectivity index (χ3v) is 3.95. The number of benzene rings is 2. The molecule has 0 unspecified atom stereocenters. The summed E-state index contributed by atoms with van der Waals surface area (Å²) in [5.41, 5.74) is 1.29. The fourth-order valence-corrected chi connectivity index (χ4v) is 2.39. The molecule has 0 heterocycles. The van der Waals surface area contributed by atoms with E-state index in [4.69, 9.17) is 34.8 Å². The molecule has 6 heteroatoms. The number of rotatable bonds is 4. The van der Waals surface area contributed by atoms with Crippen molar-refractivity contribution in [2.75, 3.05) is 0 Å². The van der Waals surface area contributed by atoms with Crippen LogP contribution in [0.3, 0.4) is 0 Å². The maximum atomic E-state index is 13.0. The second-order valence-corrected chi connectivity index (χ2v) is 5.37. The van der Waals surface area contributed by atoms with E-state index in [9.17, 15) is 8.78 Å². The summed E-state index contributed by atoms with van der Waals surface area (Å²) in [5, 5.41) is 4.36. The van der Waals surface area contributed by atoms with Gasteiger partial charge in [0.15, 0.2) is 11.6 Å². The van der Waals surface area contributed by atoms with Gasteiger partial charge in [0.1, 0.15) is 0 Å². The van der Waals surface area contributed by atoms with Crippen LogP contribution < -0.4 is 5.32 Å². The lowest BCUT2D eigenvalue weighted by Crippen LogP contribution is -2.13. The molecular formula is C14H10Cl3F2N. The van der Waals surface area contributed by atoms with E-state index in [0.29, 0.717) is 39.3 Å². The maximum Gasteiger partial charge on any atom is 0.159 e. The molecule has 1 N–H and O–H groups in total. The molecule has 0 saturated carbocycles. The summed E-state index contributed by atoms with van der Waals surface area (Å²) in [6, 6.07) is 7.01. The molecule has 20 heavy (non-hydrogen) atoms. The minimum atomic E-state index is -0.872. The zero-order valence-electron chi connectivity index (χ0n) is 10.2. The molecule has 1 nitrogen and oxygen atoms in total. The first-order valence-electron chi connectivity index (χ1n) is 5.76. The van der Waals surface area contributed by atoms with Gasteiger partial charge in [-0.15, -0.1) is 0 Å². The van der Waals surface area contributed by atoms with Crippen molar-refractivity contribution in [3.05, 3.63) is 68.2 Å². The van der Waals surface area contributed by atoms with Gasteiger partial charge in [0.05, 0.1) is 10.0 Å². The van der Waals surface area contributed by atoms with Gasteiger partial charge in [-0.3, -0.25) is 0 Å². The minimum Gasteiger partial charge on any atom is -0.309 e. The zero-order valence-corrected chi connectivity index (χ0v) is 12.5. The summed E-state index contributed by atoms with van der Waals surface area (Å²) >= 11 is 18.0. The second kappa shape index (κ2) is 6.72. The lowest BCUT2D eigenvalue weighted by Gasteiger charge is -2.10. The summed E-state index contributed by atoms with van der Waals surface area (Å²) in [4.78, 5) is 0. The van der Waals surface area contributed by atoms with Crippen LogP contribution in [0.2, 0.25) is 15.1 Å². The Morgan fingerprint density at radius 1 is 0.850 bits per heavy atom. The monoisotopic (exact) mass is 335 g/mol. The molecule has 0 atom stereocenters. The third-order valence-electron chi connectivity index (χ3n) is 2.75. The van der Waals surface area contributed by atoms with Crippen LogP contribution in [0, 0.1) is 11.6 Å². The van der Waals surface area contributed by atoms with E-state index < -0.39 is 11.6 Å². The second-order valence-electron chi connectivity index (χ2n) is 4.17. The summed E-state index contributed by atoms with van der Waals surface area (Å²) in [6.07, 6.45) is 0. The van der Waals surface area contributed by atoms with Gasteiger partial charge in [-0.1, -0.05) is 40.9 Å². The lowest BCUT2D eigenvalue weighted by molar-refractivity contribution is 0.506. The summed E-state index contributed by atoms with van der Waals surface area (Å²) in [5.74, 6) is -1.74. The van der Waals surface area contributed by atoms with Gasteiger partial charge in [0, 0.05) is 23.7 Å². The molecule has 2 rings (SSSR count). The van der Waals surface area contributed by atoms with E-state index in [1.54, 1.807) is 12.1 Å². The smallest absolute Gasteiger partial charge is 0.159 e. The molecule has 0 aliphatic carbocycles. The number of halogens is 5. The standard InChI is InChI=1S/C14H10Cl3F2N/c15-10-2-3-11(16)14(17)9(10)7-20-6-8-1-4-12(18)13(19)5-8/h1-5,20H,6-7H2. The van der Waals surface area contributed by atoms with E-state index in [-0.39, 0.29) is 0 Å². The van der Waals surface area contributed by atoms with E-state index >= 15 is 0 Å². The number of nitrogens with one attached hydrogen (secondary N) is 1. The van der Waals surface area contributed by atoms with Gasteiger partial charge < -0.3 is 5.32 Å². The van der Waals surface area contributed by atoms with Crippen LogP contribution in [0.5, 0.6) is 0 Å². The average Bonchev–Trinajstić information content (AvgIpc) is 2.42. The van der Waals surface area contributed by atoms with Gasteiger partial charge in [-0.25, -0.2) is 8.78 Å². The first-order valence-corrected chi connectivity index (χ1v) is 6.89. The molecule has 0 aliphatic heterocycles. The highest BCUT2D eigenvalue weighted by Gasteiger charge is 2.09. The number of hydrogen-bond acceptors (Lipinski definition) is 1. The Labute approximate surface area is 130 Å². The predicted octanol–water partition coefficient (Wildman–Crippen LogP) is 5.21. The van der Waals surface area contributed by atoms with Crippen molar-refractivity contribution < 1.29 is 8.78 Å². The lowest BCUT2D eigenvalue weighted by atomic mass is 10.2. The Morgan fingerprint density at radius 2 is 1.55 bits per heavy atom. The number of hydrogen-bond donors (Lipinski definition) is 1. The maximum absolute atomic E-state index is 13.0. The molecule has 106 valence electrons. The third kappa shape index (κ3) is 3.61. The van der Waals surface area contributed by atoms with E-state index in [0.717, 1.165) is 12.1 Å². The molecule has 0 amide bonds. The Balaban J connectivity index is 2.03. The summed E-state index contributed by atoms with van der Waals surface area (Å²) in [7, 11) is 0. The molecular weight excluding hydrogens is 327 g/mol. The average molecular weight is 337 g/mol. The topological polar surface area (TPSA) is 12.0 Å². The van der Waals surface area contributed by atoms with E-state index in [1.165, 1.54) is 6.07 Å². The van der Waals surface area contributed by atoms with Crippen LogP contribution in [-0.4, -0.2) is 0 Å². The molecule has 0 aliphatic rings. The largest absolute Gasteiger partial charge is 0.309 e. The normalized spacial score (nSPS) is 10.8. The fourth-order valence-electron chi connectivity index (χ4n) is 1.71. The molecule has 0 saturated heterocycles. The van der Waals surface area contributed by atoms with Crippen molar-refractivity contribution >= 4 is 34.8 Å². The van der Waals surface area contributed by atoms with Crippen LogP contribution in [-0.2, 0) is 13.1 Å². The summed E-state index contributed by atoms with van der Waals surface area (Å²) in [6.45, 7) is 0.730.